The predicted octanol–water partition coefficient (Wildman–Crippen LogP) is 1.28. The Balaban J connectivity index is 1.88. The Morgan fingerprint density at radius 1 is 1.22 bits per heavy atom. The van der Waals surface area contributed by atoms with E-state index in [0.29, 0.717) is 23.2 Å². The monoisotopic (exact) mass is 322 g/mol. The van der Waals surface area contributed by atoms with Gasteiger partial charge in [0.2, 0.25) is 0 Å². The molecule has 0 aliphatic carbocycles. The van der Waals surface area contributed by atoms with Crippen LogP contribution in [0.4, 0.5) is 10.5 Å². The smallest absolute Gasteiger partial charge is 0.319 e. The van der Waals surface area contributed by atoms with Crippen molar-refractivity contribution in [1.82, 2.24) is 5.32 Å². The topological polar surface area (TPSA) is 64.0 Å². The molecular formula is C17H28N3O3+. The van der Waals surface area contributed by atoms with E-state index < -0.39 is 0 Å². The van der Waals surface area contributed by atoms with E-state index in [-0.39, 0.29) is 12.1 Å². The lowest BCUT2D eigenvalue weighted by atomic mass is 10.0. The highest BCUT2D eigenvalue weighted by Crippen LogP contribution is 2.28. The van der Waals surface area contributed by atoms with Crippen LogP contribution >= 0.6 is 0 Å². The molecule has 1 aromatic carbocycles. The van der Waals surface area contributed by atoms with E-state index in [4.69, 9.17) is 9.47 Å². The van der Waals surface area contributed by atoms with E-state index in [1.54, 1.807) is 37.3 Å². The van der Waals surface area contributed by atoms with Gasteiger partial charge in [-0.15, -0.1) is 0 Å². The van der Waals surface area contributed by atoms with Gasteiger partial charge < -0.3 is 25.0 Å². The molecule has 1 aliphatic rings. The summed E-state index contributed by atoms with van der Waals surface area (Å²) in [6.07, 6.45) is 2.03. The van der Waals surface area contributed by atoms with Gasteiger partial charge in [-0.05, 0) is 26.0 Å². The molecule has 0 spiro atoms. The number of amides is 2. The Hall–Kier alpha value is -1.95. The molecule has 6 nitrogen and oxygen atoms in total. The van der Waals surface area contributed by atoms with Crippen LogP contribution < -0.4 is 25.0 Å². The van der Waals surface area contributed by atoms with Crippen molar-refractivity contribution in [2.75, 3.05) is 32.6 Å². The summed E-state index contributed by atoms with van der Waals surface area (Å²) in [5, 5.41) is 5.91. The lowest BCUT2D eigenvalue weighted by Gasteiger charge is -2.32. The van der Waals surface area contributed by atoms with E-state index >= 15 is 0 Å². The molecule has 23 heavy (non-hydrogen) atoms. The van der Waals surface area contributed by atoms with E-state index in [1.165, 1.54) is 0 Å². The van der Waals surface area contributed by atoms with Crippen LogP contribution in [0.3, 0.4) is 0 Å². The first-order chi connectivity index (χ1) is 11.0. The van der Waals surface area contributed by atoms with Crippen LogP contribution in [0.5, 0.6) is 11.5 Å². The molecule has 2 amide bonds. The van der Waals surface area contributed by atoms with Gasteiger partial charge in [-0.2, -0.15) is 0 Å². The van der Waals surface area contributed by atoms with Gasteiger partial charge in [0.1, 0.15) is 11.5 Å². The predicted molar refractivity (Wildman–Crippen MR) is 90.6 cm³/mol. The summed E-state index contributed by atoms with van der Waals surface area (Å²) in [5.74, 6) is 1.27. The Kier molecular flexibility index (Phi) is 6.10. The zero-order chi connectivity index (χ0) is 16.8. The van der Waals surface area contributed by atoms with E-state index in [0.717, 1.165) is 25.9 Å². The second-order valence-corrected chi connectivity index (χ2v) is 6.25. The molecule has 2 rings (SSSR count). The van der Waals surface area contributed by atoms with Crippen LogP contribution in [0.2, 0.25) is 0 Å². The van der Waals surface area contributed by atoms with Crippen LogP contribution in [0, 0.1) is 0 Å². The third-order valence-electron chi connectivity index (χ3n) is 4.44. The third-order valence-corrected chi connectivity index (χ3v) is 4.44. The lowest BCUT2D eigenvalue weighted by molar-refractivity contribution is -0.926. The van der Waals surface area contributed by atoms with Crippen LogP contribution in [-0.2, 0) is 0 Å². The second kappa shape index (κ2) is 8.06. The Morgan fingerprint density at radius 2 is 1.91 bits per heavy atom. The first-order valence-corrected chi connectivity index (χ1v) is 8.17. The summed E-state index contributed by atoms with van der Waals surface area (Å²) >= 11 is 0. The van der Waals surface area contributed by atoms with Gasteiger partial charge in [0.15, 0.2) is 0 Å². The summed E-state index contributed by atoms with van der Waals surface area (Å²) in [5.41, 5.74) is 0.635. The molecule has 6 heteroatoms. The number of quaternary nitrogens is 1. The van der Waals surface area contributed by atoms with Crippen molar-refractivity contribution in [3.8, 4) is 11.5 Å². The number of carbonyl (C=O) groups excluding carboxylic acids is 1. The Labute approximate surface area is 138 Å². The molecule has 3 N–H and O–H groups in total. The number of hydrogen-bond acceptors (Lipinski definition) is 3. The van der Waals surface area contributed by atoms with Crippen LogP contribution in [-0.4, -0.2) is 45.4 Å². The molecule has 0 unspecified atom stereocenters. The summed E-state index contributed by atoms with van der Waals surface area (Å²) in [4.78, 5) is 13.8. The van der Waals surface area contributed by atoms with Gasteiger partial charge in [0.05, 0.1) is 39.0 Å². The highest BCUT2D eigenvalue weighted by atomic mass is 16.5. The van der Waals surface area contributed by atoms with E-state index in [2.05, 4.69) is 24.5 Å². The molecule has 0 aromatic heterocycles. The molecule has 128 valence electrons. The van der Waals surface area contributed by atoms with E-state index in [1.807, 2.05) is 0 Å². The Bertz CT molecular complexity index is 526. The number of nitrogens with one attached hydrogen (secondary N) is 3. The number of hydrogen-bond donors (Lipinski definition) is 3. The first-order valence-electron chi connectivity index (χ1n) is 8.17. The maximum Gasteiger partial charge on any atom is 0.319 e. The summed E-state index contributed by atoms with van der Waals surface area (Å²) < 4.78 is 10.5. The molecular weight excluding hydrogens is 294 g/mol. The van der Waals surface area contributed by atoms with Gasteiger partial charge in [0, 0.05) is 24.9 Å². The molecule has 0 atom stereocenters. The van der Waals surface area contributed by atoms with Crippen molar-refractivity contribution < 1.29 is 19.2 Å². The average Bonchev–Trinajstić information content (AvgIpc) is 2.55. The maximum atomic E-state index is 12.2. The van der Waals surface area contributed by atoms with Crippen LogP contribution in [0.1, 0.15) is 26.7 Å². The number of ether oxygens (including phenoxy) is 2. The van der Waals surface area contributed by atoms with Gasteiger partial charge in [-0.1, -0.05) is 0 Å². The molecule has 1 aromatic rings. The molecule has 0 radical (unpaired) electrons. The number of piperidine rings is 1. The standard InChI is InChI=1S/C17H27N3O3/c1-12(2)20-9-7-13(8-10-20)18-17(21)19-15-6-5-14(22-3)11-16(15)23-4/h5-6,11-13H,7-10H2,1-4H3,(H2,18,19,21)/p+1. The number of likely N-dealkylation sites (tertiary alicyclic amines) is 1. The fourth-order valence-corrected chi connectivity index (χ4v) is 2.96. The lowest BCUT2D eigenvalue weighted by Crippen LogP contribution is -3.16. The van der Waals surface area contributed by atoms with Crippen molar-refractivity contribution >= 4 is 11.7 Å². The molecule has 1 aliphatic heterocycles. The molecule has 0 bridgehead atoms. The summed E-state index contributed by atoms with van der Waals surface area (Å²) in [7, 11) is 3.17. The number of urea groups is 1. The highest BCUT2D eigenvalue weighted by Gasteiger charge is 2.25. The summed E-state index contributed by atoms with van der Waals surface area (Å²) in [6, 6.07) is 6.02. The molecule has 0 saturated carbocycles. The SMILES string of the molecule is COc1ccc(NC(=O)NC2CC[NH+](C(C)C)CC2)c(OC)c1. The highest BCUT2D eigenvalue weighted by molar-refractivity contribution is 5.91. The fraction of sp³-hybridized carbons (Fsp3) is 0.588. The fourth-order valence-electron chi connectivity index (χ4n) is 2.96. The van der Waals surface area contributed by atoms with Crippen molar-refractivity contribution in [1.29, 1.82) is 0 Å². The largest absolute Gasteiger partial charge is 0.497 e. The van der Waals surface area contributed by atoms with Crippen molar-refractivity contribution in [3.05, 3.63) is 18.2 Å². The minimum atomic E-state index is -0.188. The Morgan fingerprint density at radius 3 is 2.48 bits per heavy atom. The molecule has 1 saturated heterocycles. The number of benzene rings is 1. The number of anilines is 1. The normalized spacial score (nSPS) is 20.9. The van der Waals surface area contributed by atoms with Crippen molar-refractivity contribution in [2.24, 2.45) is 0 Å². The van der Waals surface area contributed by atoms with E-state index in [9.17, 15) is 4.79 Å². The zero-order valence-electron chi connectivity index (χ0n) is 14.4. The number of carbonyl (C=O) groups is 1. The minimum Gasteiger partial charge on any atom is -0.497 e. The van der Waals surface area contributed by atoms with Crippen molar-refractivity contribution in [2.45, 2.75) is 38.8 Å². The first kappa shape index (κ1) is 17.4. The third kappa shape index (κ3) is 4.76. The van der Waals surface area contributed by atoms with Crippen LogP contribution in [0.25, 0.3) is 0 Å². The number of rotatable bonds is 5. The summed E-state index contributed by atoms with van der Waals surface area (Å²) in [6.45, 7) is 6.69. The number of methoxy groups -OCH3 is 2. The zero-order valence-corrected chi connectivity index (χ0v) is 14.4. The van der Waals surface area contributed by atoms with Gasteiger partial charge in [-0.3, -0.25) is 0 Å². The molecule has 1 heterocycles. The average molecular weight is 322 g/mol. The van der Waals surface area contributed by atoms with Crippen LogP contribution in [0.15, 0.2) is 18.2 Å². The van der Waals surface area contributed by atoms with Gasteiger partial charge in [-0.25, -0.2) is 4.79 Å². The van der Waals surface area contributed by atoms with Crippen molar-refractivity contribution in [3.63, 3.8) is 0 Å². The molecule has 1 fully saturated rings. The quantitative estimate of drug-likeness (QED) is 0.765. The maximum absolute atomic E-state index is 12.2. The minimum absolute atomic E-state index is 0.188. The van der Waals surface area contributed by atoms with Gasteiger partial charge in [0.25, 0.3) is 0 Å². The second-order valence-electron chi connectivity index (χ2n) is 6.25. The van der Waals surface area contributed by atoms with Gasteiger partial charge >= 0.3 is 6.03 Å².